The van der Waals surface area contributed by atoms with Gasteiger partial charge < -0.3 is 24.1 Å². The molecular formula is C25H23NO5. The highest BCUT2D eigenvalue weighted by Crippen LogP contribution is 2.48. The molecule has 1 N–H and O–H groups in total. The number of nitrogens with zero attached hydrogens (tertiary/aromatic N) is 1. The van der Waals surface area contributed by atoms with Crippen LogP contribution in [0.2, 0.25) is 0 Å². The van der Waals surface area contributed by atoms with Crippen LogP contribution in [-0.4, -0.2) is 31.4 Å². The van der Waals surface area contributed by atoms with Gasteiger partial charge in [0.15, 0.2) is 11.5 Å². The molecule has 2 heterocycles. The number of benzene rings is 3. The van der Waals surface area contributed by atoms with Crippen LogP contribution in [0.3, 0.4) is 0 Å². The van der Waals surface area contributed by atoms with Crippen molar-refractivity contribution >= 4 is 21.7 Å². The van der Waals surface area contributed by atoms with Crippen LogP contribution < -0.4 is 18.9 Å². The van der Waals surface area contributed by atoms with E-state index in [1.807, 2.05) is 42.5 Å². The van der Waals surface area contributed by atoms with Crippen molar-refractivity contribution in [2.24, 2.45) is 0 Å². The number of aliphatic hydroxyl groups excluding tert-OH is 1. The molecule has 3 aromatic carbocycles. The van der Waals surface area contributed by atoms with Crippen LogP contribution >= 0.6 is 0 Å². The lowest BCUT2D eigenvalue weighted by Crippen LogP contribution is -2.19. The fraction of sp³-hybridized carbons (Fsp3) is 0.240. The van der Waals surface area contributed by atoms with Gasteiger partial charge in [-0.05, 0) is 23.6 Å². The molecule has 31 heavy (non-hydrogen) atoms. The van der Waals surface area contributed by atoms with E-state index in [1.54, 1.807) is 27.5 Å². The van der Waals surface area contributed by atoms with E-state index in [9.17, 15) is 5.11 Å². The monoisotopic (exact) mass is 417 g/mol. The topological polar surface area (TPSA) is 70.0 Å². The minimum Gasteiger partial charge on any atom is -0.493 e. The zero-order valence-electron chi connectivity index (χ0n) is 17.6. The van der Waals surface area contributed by atoms with Crippen molar-refractivity contribution in [2.45, 2.75) is 18.6 Å². The summed E-state index contributed by atoms with van der Waals surface area (Å²) < 4.78 is 23.0. The molecule has 0 radical (unpaired) electrons. The predicted octanol–water partition coefficient (Wildman–Crippen LogP) is 4.97. The molecule has 1 aliphatic rings. The van der Waals surface area contributed by atoms with E-state index >= 15 is 0 Å². The summed E-state index contributed by atoms with van der Waals surface area (Å²) in [6.45, 7) is 0. The molecule has 6 heteroatoms. The Morgan fingerprint density at radius 1 is 0.935 bits per heavy atom. The summed E-state index contributed by atoms with van der Waals surface area (Å²) in [6.07, 6.45) is 1.13. The second-order valence-electron chi connectivity index (χ2n) is 7.54. The van der Waals surface area contributed by atoms with Crippen molar-refractivity contribution in [1.29, 1.82) is 0 Å². The van der Waals surface area contributed by atoms with Crippen LogP contribution in [0.4, 0.5) is 0 Å². The Balaban J connectivity index is 1.68. The fourth-order valence-electron chi connectivity index (χ4n) is 4.34. The van der Waals surface area contributed by atoms with E-state index in [0.29, 0.717) is 29.4 Å². The van der Waals surface area contributed by atoms with Gasteiger partial charge in [-0.1, -0.05) is 30.3 Å². The van der Waals surface area contributed by atoms with Gasteiger partial charge in [0.1, 0.15) is 11.9 Å². The van der Waals surface area contributed by atoms with E-state index in [2.05, 4.69) is 11.1 Å². The number of methoxy groups -OCH3 is 3. The first-order chi connectivity index (χ1) is 15.1. The van der Waals surface area contributed by atoms with Gasteiger partial charge in [-0.25, -0.2) is 0 Å². The van der Waals surface area contributed by atoms with Crippen molar-refractivity contribution in [3.63, 3.8) is 0 Å². The van der Waals surface area contributed by atoms with Crippen LogP contribution in [0.5, 0.6) is 23.0 Å². The first kappa shape index (κ1) is 19.5. The highest BCUT2D eigenvalue weighted by Gasteiger charge is 2.31. The molecule has 0 aliphatic carbocycles. The molecule has 5 rings (SSSR count). The Kier molecular flexibility index (Phi) is 4.79. The molecular weight excluding hydrogens is 394 g/mol. The number of ether oxygens (including phenoxy) is 4. The first-order valence-electron chi connectivity index (χ1n) is 10.1. The van der Waals surface area contributed by atoms with Gasteiger partial charge in [0.25, 0.3) is 0 Å². The molecule has 0 fully saturated rings. The molecule has 0 saturated carbocycles. The lowest BCUT2D eigenvalue weighted by Gasteiger charge is -2.31. The van der Waals surface area contributed by atoms with E-state index in [-0.39, 0.29) is 6.10 Å². The SMILES string of the molecule is COc1cc(C2CC(O)c3ccc4ccc5cccnc5c4c3O2)cc(OC)c1OC. The van der Waals surface area contributed by atoms with E-state index in [4.69, 9.17) is 18.9 Å². The van der Waals surface area contributed by atoms with Gasteiger partial charge in [-0.2, -0.15) is 0 Å². The highest BCUT2D eigenvalue weighted by molar-refractivity contribution is 6.09. The van der Waals surface area contributed by atoms with E-state index < -0.39 is 6.10 Å². The standard InChI is InChI=1S/C25H23NO5/c1-28-20-11-16(12-21(29-2)25(20)30-3)19-13-18(27)17-9-8-14-6-7-15-5-4-10-26-23(15)22(14)24(17)31-19/h4-12,18-19,27H,13H2,1-3H3. The average Bonchev–Trinajstić information content (AvgIpc) is 2.82. The normalized spacial score (nSPS) is 17.8. The zero-order valence-corrected chi connectivity index (χ0v) is 17.6. The Morgan fingerprint density at radius 3 is 2.35 bits per heavy atom. The Labute approximate surface area is 180 Å². The summed E-state index contributed by atoms with van der Waals surface area (Å²) in [5, 5.41) is 13.9. The van der Waals surface area contributed by atoms with Gasteiger partial charge in [0, 0.05) is 29.1 Å². The molecule has 1 aromatic heterocycles. The molecule has 2 unspecified atom stereocenters. The minimum atomic E-state index is -0.670. The maximum Gasteiger partial charge on any atom is 0.203 e. The van der Waals surface area contributed by atoms with Crippen LogP contribution in [0.1, 0.15) is 29.8 Å². The molecule has 1 aliphatic heterocycles. The van der Waals surface area contributed by atoms with Crippen molar-refractivity contribution < 1.29 is 24.1 Å². The number of pyridine rings is 1. The maximum atomic E-state index is 11.0. The van der Waals surface area contributed by atoms with Gasteiger partial charge >= 0.3 is 0 Å². The summed E-state index contributed by atoms with van der Waals surface area (Å²) in [4.78, 5) is 4.60. The van der Waals surface area contributed by atoms with Crippen LogP contribution in [0.15, 0.2) is 54.7 Å². The summed E-state index contributed by atoms with van der Waals surface area (Å²) in [7, 11) is 4.73. The van der Waals surface area contributed by atoms with Crippen molar-refractivity contribution in [3.8, 4) is 23.0 Å². The van der Waals surface area contributed by atoms with Gasteiger partial charge in [-0.15, -0.1) is 0 Å². The van der Waals surface area contributed by atoms with Crippen LogP contribution in [0.25, 0.3) is 21.7 Å². The number of aromatic nitrogens is 1. The lowest BCUT2D eigenvalue weighted by atomic mass is 9.91. The van der Waals surface area contributed by atoms with Gasteiger partial charge in [0.05, 0.1) is 38.3 Å². The summed E-state index contributed by atoms with van der Waals surface area (Å²) in [5.41, 5.74) is 2.47. The molecule has 158 valence electrons. The molecule has 0 spiro atoms. The van der Waals surface area contributed by atoms with Gasteiger partial charge in [-0.3, -0.25) is 4.98 Å². The number of hydrogen-bond acceptors (Lipinski definition) is 6. The van der Waals surface area contributed by atoms with Crippen molar-refractivity contribution in [3.05, 3.63) is 65.9 Å². The number of hydrogen-bond donors (Lipinski definition) is 1. The molecule has 6 nitrogen and oxygen atoms in total. The Hall–Kier alpha value is -3.51. The quantitative estimate of drug-likeness (QED) is 0.473. The van der Waals surface area contributed by atoms with Crippen LogP contribution in [0, 0.1) is 0 Å². The van der Waals surface area contributed by atoms with Crippen molar-refractivity contribution in [1.82, 2.24) is 4.98 Å². The molecule has 0 saturated heterocycles. The molecule has 2 atom stereocenters. The maximum absolute atomic E-state index is 11.0. The molecule has 4 aromatic rings. The largest absolute Gasteiger partial charge is 0.493 e. The third-order valence-electron chi connectivity index (χ3n) is 5.85. The number of aliphatic hydroxyl groups is 1. The highest BCUT2D eigenvalue weighted by atomic mass is 16.5. The predicted molar refractivity (Wildman–Crippen MR) is 118 cm³/mol. The van der Waals surface area contributed by atoms with Gasteiger partial charge in [0.2, 0.25) is 5.75 Å². The Morgan fingerprint density at radius 2 is 1.65 bits per heavy atom. The summed E-state index contributed by atoms with van der Waals surface area (Å²) in [5.74, 6) is 2.28. The summed E-state index contributed by atoms with van der Waals surface area (Å²) >= 11 is 0. The number of fused-ring (bicyclic) bond motifs is 5. The van der Waals surface area contributed by atoms with Crippen molar-refractivity contribution in [2.75, 3.05) is 21.3 Å². The smallest absolute Gasteiger partial charge is 0.203 e. The third-order valence-corrected chi connectivity index (χ3v) is 5.85. The third kappa shape index (κ3) is 3.11. The van der Waals surface area contributed by atoms with E-state index in [1.165, 1.54) is 0 Å². The molecule has 0 bridgehead atoms. The van der Waals surface area contributed by atoms with E-state index in [0.717, 1.165) is 32.8 Å². The number of rotatable bonds is 4. The fourth-order valence-corrected chi connectivity index (χ4v) is 4.34. The first-order valence-corrected chi connectivity index (χ1v) is 10.1. The van der Waals surface area contributed by atoms with Crippen LogP contribution in [-0.2, 0) is 0 Å². The lowest BCUT2D eigenvalue weighted by molar-refractivity contribution is 0.0670. The minimum absolute atomic E-state index is 0.388. The average molecular weight is 417 g/mol. The second-order valence-corrected chi connectivity index (χ2v) is 7.54. The Bertz CT molecular complexity index is 1260. The second kappa shape index (κ2) is 7.63. The molecule has 0 amide bonds. The zero-order chi connectivity index (χ0) is 21.5. The summed E-state index contributed by atoms with van der Waals surface area (Å²) in [6, 6.07) is 15.7.